The minimum atomic E-state index is -4.50. The fourth-order valence-corrected chi connectivity index (χ4v) is 2.82. The van der Waals surface area contributed by atoms with Gasteiger partial charge in [0.15, 0.2) is 5.15 Å². The van der Waals surface area contributed by atoms with Crippen molar-refractivity contribution < 1.29 is 18.0 Å². The Morgan fingerprint density at radius 3 is 2.68 bits per heavy atom. The largest absolute Gasteiger partial charge is 0.433 e. The van der Waals surface area contributed by atoms with Gasteiger partial charge in [-0.05, 0) is 19.9 Å². The van der Waals surface area contributed by atoms with Gasteiger partial charge in [0, 0.05) is 11.3 Å². The van der Waals surface area contributed by atoms with Gasteiger partial charge in [0.05, 0.1) is 5.03 Å². The first-order valence-electron chi connectivity index (χ1n) is 5.29. The maximum atomic E-state index is 12.7. The molecule has 0 amide bonds. The molecular weight excluding hydrogens is 303 g/mol. The zero-order valence-electron chi connectivity index (χ0n) is 10.1. The third-order valence-electron chi connectivity index (χ3n) is 2.37. The summed E-state index contributed by atoms with van der Waals surface area (Å²) >= 11 is 6.83. The van der Waals surface area contributed by atoms with E-state index in [1.54, 1.807) is 6.08 Å². The van der Waals surface area contributed by atoms with Crippen molar-refractivity contribution in [2.75, 3.05) is 0 Å². The number of aromatic nitrogens is 2. The normalized spacial score (nSPS) is 18.3. The third-order valence-corrected chi connectivity index (χ3v) is 3.62. The van der Waals surface area contributed by atoms with Crippen LogP contribution >= 0.6 is 23.4 Å². The van der Waals surface area contributed by atoms with Crippen molar-refractivity contribution in [1.82, 2.24) is 15.7 Å². The molecule has 2 heterocycles. The molecule has 0 fully saturated rings. The van der Waals surface area contributed by atoms with Crippen LogP contribution in [0.3, 0.4) is 0 Å². The standard InChI is InChI=1S/C10H11ClF3N3OS/c1-9(2)3-6(17-18-9)19-4-5-7(10(12,13)14)15-16-8(5)11/h3,17H,4H2,1-2H3,(H,15,16). The monoisotopic (exact) mass is 313 g/mol. The Bertz CT molecular complexity index is 513. The number of hydroxylamine groups is 1. The minimum absolute atomic E-state index is 0.0441. The number of hydrogen-bond acceptors (Lipinski definition) is 4. The fourth-order valence-electron chi connectivity index (χ4n) is 1.49. The zero-order valence-corrected chi connectivity index (χ0v) is 11.6. The van der Waals surface area contributed by atoms with Gasteiger partial charge >= 0.3 is 6.18 Å². The van der Waals surface area contributed by atoms with Gasteiger partial charge in [-0.1, -0.05) is 11.6 Å². The van der Waals surface area contributed by atoms with Crippen molar-refractivity contribution >= 4 is 23.4 Å². The Morgan fingerprint density at radius 1 is 1.47 bits per heavy atom. The smallest absolute Gasteiger partial charge is 0.272 e. The summed E-state index contributed by atoms with van der Waals surface area (Å²) in [5, 5.41) is 5.79. The van der Waals surface area contributed by atoms with Crippen LogP contribution in [0, 0.1) is 0 Å². The Balaban J connectivity index is 2.11. The van der Waals surface area contributed by atoms with Gasteiger partial charge in [-0.15, -0.1) is 11.8 Å². The predicted molar refractivity (Wildman–Crippen MR) is 66.3 cm³/mol. The van der Waals surface area contributed by atoms with Crippen LogP contribution in [-0.2, 0) is 16.8 Å². The van der Waals surface area contributed by atoms with Gasteiger partial charge in [-0.3, -0.25) is 15.4 Å². The van der Waals surface area contributed by atoms with Crippen LogP contribution in [0.5, 0.6) is 0 Å². The lowest BCUT2D eigenvalue weighted by Gasteiger charge is -2.11. The average molecular weight is 314 g/mol. The van der Waals surface area contributed by atoms with Crippen LogP contribution in [-0.4, -0.2) is 15.8 Å². The topological polar surface area (TPSA) is 49.9 Å². The lowest BCUT2D eigenvalue weighted by Crippen LogP contribution is -2.20. The van der Waals surface area contributed by atoms with Crippen molar-refractivity contribution in [2.24, 2.45) is 0 Å². The fraction of sp³-hybridized carbons (Fsp3) is 0.500. The molecule has 0 aromatic carbocycles. The molecule has 0 saturated carbocycles. The molecule has 1 aliphatic rings. The van der Waals surface area contributed by atoms with E-state index in [1.165, 1.54) is 11.8 Å². The average Bonchev–Trinajstić information content (AvgIpc) is 2.78. The van der Waals surface area contributed by atoms with Gasteiger partial charge < -0.3 is 0 Å². The van der Waals surface area contributed by atoms with Crippen LogP contribution in [0.1, 0.15) is 25.1 Å². The van der Waals surface area contributed by atoms with Crippen molar-refractivity contribution in [1.29, 1.82) is 0 Å². The summed E-state index contributed by atoms with van der Waals surface area (Å²) in [5.74, 6) is 0.0441. The summed E-state index contributed by atoms with van der Waals surface area (Å²) in [6.07, 6.45) is -2.71. The second-order valence-electron chi connectivity index (χ2n) is 4.47. The summed E-state index contributed by atoms with van der Waals surface area (Å²) in [5.41, 5.74) is 1.20. The molecule has 2 rings (SSSR count). The van der Waals surface area contributed by atoms with Crippen molar-refractivity contribution in [3.8, 4) is 0 Å². The molecular formula is C10H11ClF3N3OS. The summed E-state index contributed by atoms with van der Waals surface area (Å²) in [4.78, 5) is 5.21. The van der Waals surface area contributed by atoms with Gasteiger partial charge in [0.25, 0.3) is 0 Å². The SMILES string of the molecule is CC1(C)C=C(SCc2c(Cl)n[nH]c2C(F)(F)F)NO1. The molecule has 0 saturated heterocycles. The molecule has 0 aliphatic carbocycles. The maximum Gasteiger partial charge on any atom is 0.433 e. The predicted octanol–water partition coefficient (Wildman–Crippen LogP) is 3.47. The van der Waals surface area contributed by atoms with Crippen LogP contribution in [0.4, 0.5) is 13.2 Å². The Labute approximate surface area is 116 Å². The summed E-state index contributed by atoms with van der Waals surface area (Å²) in [6, 6.07) is 0. The second-order valence-corrected chi connectivity index (χ2v) is 5.85. The molecule has 0 radical (unpaired) electrons. The molecule has 106 valence electrons. The van der Waals surface area contributed by atoms with Gasteiger partial charge in [0.2, 0.25) is 0 Å². The second kappa shape index (κ2) is 4.92. The summed E-state index contributed by atoms with van der Waals surface area (Å²) in [7, 11) is 0. The van der Waals surface area contributed by atoms with Crippen LogP contribution in [0.15, 0.2) is 11.1 Å². The number of thioether (sulfide) groups is 1. The first-order valence-corrected chi connectivity index (χ1v) is 6.65. The van der Waals surface area contributed by atoms with E-state index < -0.39 is 17.5 Å². The highest BCUT2D eigenvalue weighted by atomic mass is 35.5. The molecule has 2 N–H and O–H groups in total. The van der Waals surface area contributed by atoms with E-state index in [0.29, 0.717) is 5.03 Å². The van der Waals surface area contributed by atoms with Gasteiger partial charge in [-0.25, -0.2) is 0 Å². The highest BCUT2D eigenvalue weighted by Crippen LogP contribution is 2.37. The van der Waals surface area contributed by atoms with E-state index in [4.69, 9.17) is 16.4 Å². The highest BCUT2D eigenvalue weighted by Gasteiger charge is 2.37. The third kappa shape index (κ3) is 3.37. The number of rotatable bonds is 3. The van der Waals surface area contributed by atoms with Crippen molar-refractivity contribution in [2.45, 2.75) is 31.4 Å². The van der Waals surface area contributed by atoms with E-state index in [0.717, 1.165) is 0 Å². The van der Waals surface area contributed by atoms with Crippen LogP contribution in [0.25, 0.3) is 0 Å². The van der Waals surface area contributed by atoms with Gasteiger partial charge in [-0.2, -0.15) is 18.3 Å². The number of halogens is 4. The van der Waals surface area contributed by atoms with E-state index >= 15 is 0 Å². The number of alkyl halides is 3. The molecule has 0 spiro atoms. The van der Waals surface area contributed by atoms with Crippen LogP contribution < -0.4 is 5.48 Å². The Morgan fingerprint density at radius 2 is 2.16 bits per heavy atom. The van der Waals surface area contributed by atoms with E-state index in [1.807, 2.05) is 18.9 Å². The zero-order chi connectivity index (χ0) is 14.3. The molecule has 0 unspecified atom stereocenters. The summed E-state index contributed by atoms with van der Waals surface area (Å²) in [6.45, 7) is 3.67. The lowest BCUT2D eigenvalue weighted by atomic mass is 10.1. The van der Waals surface area contributed by atoms with E-state index in [2.05, 4.69) is 10.6 Å². The lowest BCUT2D eigenvalue weighted by molar-refractivity contribution is -0.141. The molecule has 1 aromatic heterocycles. The van der Waals surface area contributed by atoms with Crippen molar-refractivity contribution in [3.05, 3.63) is 27.5 Å². The number of nitrogens with one attached hydrogen (secondary N) is 2. The Hall–Kier alpha value is -0.860. The molecule has 4 nitrogen and oxygen atoms in total. The first kappa shape index (κ1) is 14.5. The molecule has 9 heteroatoms. The number of H-pyrrole nitrogens is 1. The number of hydrogen-bond donors (Lipinski definition) is 2. The number of aromatic amines is 1. The summed E-state index contributed by atoms with van der Waals surface area (Å²) < 4.78 is 38.1. The van der Waals surface area contributed by atoms with E-state index in [9.17, 15) is 13.2 Å². The molecule has 0 atom stereocenters. The molecule has 1 aliphatic heterocycles. The maximum absolute atomic E-state index is 12.7. The Kier molecular flexibility index (Phi) is 3.76. The highest BCUT2D eigenvalue weighted by molar-refractivity contribution is 8.02. The molecule has 19 heavy (non-hydrogen) atoms. The number of nitrogens with zero attached hydrogens (tertiary/aromatic N) is 1. The first-order chi connectivity index (χ1) is 8.69. The van der Waals surface area contributed by atoms with Gasteiger partial charge in [0.1, 0.15) is 11.3 Å². The minimum Gasteiger partial charge on any atom is -0.272 e. The quantitative estimate of drug-likeness (QED) is 0.897. The molecule has 0 bridgehead atoms. The molecule has 1 aromatic rings. The van der Waals surface area contributed by atoms with E-state index in [-0.39, 0.29) is 16.5 Å². The van der Waals surface area contributed by atoms with Crippen LogP contribution in [0.2, 0.25) is 5.15 Å². The van der Waals surface area contributed by atoms with Crippen molar-refractivity contribution in [3.63, 3.8) is 0 Å².